The van der Waals surface area contributed by atoms with Crippen molar-refractivity contribution < 1.29 is 14.4 Å². The number of nitrogens with one attached hydrogen (secondary N) is 1. The lowest BCUT2D eigenvalue weighted by atomic mass is 10.1. The molecule has 0 spiro atoms. The summed E-state index contributed by atoms with van der Waals surface area (Å²) in [6.07, 6.45) is 4.00. The molecule has 0 aliphatic carbocycles. The van der Waals surface area contributed by atoms with Gasteiger partial charge >= 0.3 is 0 Å². The van der Waals surface area contributed by atoms with Crippen LogP contribution in [0.2, 0.25) is 0 Å². The van der Waals surface area contributed by atoms with E-state index in [1.54, 1.807) is 26.0 Å². The molecule has 5 nitrogen and oxygen atoms in total. The van der Waals surface area contributed by atoms with E-state index in [9.17, 15) is 14.4 Å². The van der Waals surface area contributed by atoms with Crippen LogP contribution in [-0.2, 0) is 9.59 Å². The van der Waals surface area contributed by atoms with E-state index in [1.807, 2.05) is 54.6 Å². The molecule has 0 aromatic heterocycles. The molecule has 0 saturated carbocycles. The van der Waals surface area contributed by atoms with E-state index in [0.717, 1.165) is 33.4 Å². The number of carbonyl (C=O) groups excluding carboxylic acids is 3. The predicted molar refractivity (Wildman–Crippen MR) is 114 cm³/mol. The highest BCUT2D eigenvalue weighted by atomic mass is 32.2. The topological polar surface area (TPSA) is 66.5 Å². The van der Waals surface area contributed by atoms with Gasteiger partial charge in [-0.25, -0.2) is 0 Å². The van der Waals surface area contributed by atoms with Crippen molar-refractivity contribution in [2.24, 2.45) is 0 Å². The molecule has 0 bridgehead atoms. The van der Waals surface area contributed by atoms with Crippen molar-refractivity contribution in [3.8, 4) is 0 Å². The van der Waals surface area contributed by atoms with Crippen LogP contribution in [0.5, 0.6) is 0 Å². The number of carbonyl (C=O) groups is 3. The number of allylic oxidation sites excluding steroid dienone is 1. The minimum atomic E-state index is -0.419. The molecule has 1 aliphatic heterocycles. The van der Waals surface area contributed by atoms with Gasteiger partial charge in [0.1, 0.15) is 6.54 Å². The van der Waals surface area contributed by atoms with Crippen LogP contribution in [0, 0.1) is 0 Å². The van der Waals surface area contributed by atoms with Gasteiger partial charge in [0.05, 0.1) is 4.91 Å². The average molecular weight is 392 g/mol. The highest BCUT2D eigenvalue weighted by Gasteiger charge is 2.36. The van der Waals surface area contributed by atoms with Crippen molar-refractivity contribution in [1.82, 2.24) is 4.90 Å². The minimum Gasteiger partial charge on any atom is -0.325 e. The van der Waals surface area contributed by atoms with Crippen LogP contribution in [0.4, 0.5) is 10.5 Å². The maximum absolute atomic E-state index is 12.2. The van der Waals surface area contributed by atoms with Crippen molar-refractivity contribution in [3.63, 3.8) is 0 Å². The Kier molecular flexibility index (Phi) is 6.11. The van der Waals surface area contributed by atoms with Crippen LogP contribution in [0.15, 0.2) is 65.1 Å². The normalized spacial score (nSPS) is 14.1. The van der Waals surface area contributed by atoms with Gasteiger partial charge in [0.25, 0.3) is 11.1 Å². The Hall–Kier alpha value is -3.12. The van der Waals surface area contributed by atoms with Gasteiger partial charge in [0.15, 0.2) is 0 Å². The first-order valence-corrected chi connectivity index (χ1v) is 9.60. The molecule has 1 N–H and O–H groups in total. The van der Waals surface area contributed by atoms with Gasteiger partial charge in [-0.2, -0.15) is 0 Å². The van der Waals surface area contributed by atoms with Gasteiger partial charge in [-0.05, 0) is 48.9 Å². The van der Waals surface area contributed by atoms with Crippen molar-refractivity contribution >= 4 is 46.7 Å². The van der Waals surface area contributed by atoms with E-state index >= 15 is 0 Å². The maximum Gasteiger partial charge on any atom is 0.294 e. The maximum atomic E-state index is 12.2. The highest BCUT2D eigenvalue weighted by molar-refractivity contribution is 8.18. The SMILES string of the molecule is CC(C)=C1SC(=O)N(CC(=O)Nc2ccc(/C=C/c3ccccc3)cc2)C1=O. The molecule has 0 unspecified atom stereocenters. The third-order valence-corrected chi connectivity index (χ3v) is 5.25. The number of rotatable bonds is 5. The summed E-state index contributed by atoms with van der Waals surface area (Å²) in [6.45, 7) is 3.24. The first-order chi connectivity index (χ1) is 13.4. The second kappa shape index (κ2) is 8.71. The molecule has 1 saturated heterocycles. The monoisotopic (exact) mass is 392 g/mol. The molecule has 0 radical (unpaired) electrons. The molecule has 2 aromatic carbocycles. The Morgan fingerprint density at radius 2 is 1.57 bits per heavy atom. The van der Waals surface area contributed by atoms with Crippen LogP contribution in [0.1, 0.15) is 25.0 Å². The molecule has 28 heavy (non-hydrogen) atoms. The molecule has 142 valence electrons. The summed E-state index contributed by atoms with van der Waals surface area (Å²) in [5.74, 6) is -0.823. The summed E-state index contributed by atoms with van der Waals surface area (Å²) in [5, 5.41) is 2.30. The van der Waals surface area contributed by atoms with E-state index in [1.165, 1.54) is 0 Å². The van der Waals surface area contributed by atoms with Gasteiger partial charge in [0, 0.05) is 5.69 Å². The second-order valence-corrected chi connectivity index (χ2v) is 7.46. The molecular weight excluding hydrogens is 372 g/mol. The molecule has 1 fully saturated rings. The van der Waals surface area contributed by atoms with Crippen LogP contribution in [0.25, 0.3) is 12.2 Å². The summed E-state index contributed by atoms with van der Waals surface area (Å²) in [4.78, 5) is 37.8. The third-order valence-electron chi connectivity index (χ3n) is 4.07. The van der Waals surface area contributed by atoms with Gasteiger partial charge < -0.3 is 5.32 Å². The van der Waals surface area contributed by atoms with Crippen LogP contribution in [-0.4, -0.2) is 28.5 Å². The van der Waals surface area contributed by atoms with E-state index in [0.29, 0.717) is 10.6 Å². The summed E-state index contributed by atoms with van der Waals surface area (Å²) < 4.78 is 0. The van der Waals surface area contributed by atoms with Crippen LogP contribution < -0.4 is 5.32 Å². The largest absolute Gasteiger partial charge is 0.325 e. The fourth-order valence-electron chi connectivity index (χ4n) is 2.62. The lowest BCUT2D eigenvalue weighted by Gasteiger charge is -2.12. The first kappa shape index (κ1) is 19.6. The third kappa shape index (κ3) is 4.78. The Morgan fingerprint density at radius 3 is 2.14 bits per heavy atom. The Bertz CT molecular complexity index is 959. The van der Waals surface area contributed by atoms with Crippen molar-refractivity contribution in [2.75, 3.05) is 11.9 Å². The molecule has 3 amide bonds. The Balaban J connectivity index is 1.59. The molecular formula is C22H20N2O3S. The van der Waals surface area contributed by atoms with Crippen molar-refractivity contribution in [2.45, 2.75) is 13.8 Å². The van der Waals surface area contributed by atoms with Gasteiger partial charge in [-0.15, -0.1) is 0 Å². The summed E-state index contributed by atoms with van der Waals surface area (Å²) in [5.41, 5.74) is 3.48. The fourth-order valence-corrected chi connectivity index (χ4v) is 3.46. The number of amides is 3. The standard InChI is InChI=1S/C22H20N2O3S/c1-15(2)20-21(26)24(22(27)28-20)14-19(25)23-18-12-10-17(11-13-18)9-8-16-6-4-3-5-7-16/h3-13H,14H2,1-2H3,(H,23,25)/b9-8+. The lowest BCUT2D eigenvalue weighted by molar-refractivity contribution is -0.127. The molecule has 0 atom stereocenters. The second-order valence-electron chi connectivity index (χ2n) is 6.50. The van der Waals surface area contributed by atoms with Gasteiger partial charge in [-0.1, -0.05) is 60.2 Å². The van der Waals surface area contributed by atoms with E-state index in [4.69, 9.17) is 0 Å². The average Bonchev–Trinajstić information content (AvgIpc) is 2.97. The number of anilines is 1. The minimum absolute atomic E-state index is 0.295. The van der Waals surface area contributed by atoms with E-state index < -0.39 is 17.1 Å². The Labute approximate surface area is 168 Å². The summed E-state index contributed by atoms with van der Waals surface area (Å²) >= 11 is 0.873. The molecule has 6 heteroatoms. The zero-order chi connectivity index (χ0) is 20.1. The molecule has 2 aromatic rings. The number of hydrogen-bond acceptors (Lipinski definition) is 4. The number of imide groups is 1. The van der Waals surface area contributed by atoms with Crippen LogP contribution in [0.3, 0.4) is 0 Å². The zero-order valence-corrected chi connectivity index (χ0v) is 16.5. The lowest BCUT2D eigenvalue weighted by Crippen LogP contribution is -2.36. The fraction of sp³-hybridized carbons (Fsp3) is 0.136. The molecule has 1 aliphatic rings. The molecule has 1 heterocycles. The predicted octanol–water partition coefficient (Wildman–Crippen LogP) is 4.78. The van der Waals surface area contributed by atoms with Crippen molar-refractivity contribution in [3.05, 3.63) is 76.2 Å². The van der Waals surface area contributed by atoms with Crippen LogP contribution >= 0.6 is 11.8 Å². The smallest absolute Gasteiger partial charge is 0.294 e. The number of hydrogen-bond donors (Lipinski definition) is 1. The summed E-state index contributed by atoms with van der Waals surface area (Å²) in [7, 11) is 0. The highest BCUT2D eigenvalue weighted by Crippen LogP contribution is 2.32. The number of nitrogens with zero attached hydrogens (tertiary/aromatic N) is 1. The first-order valence-electron chi connectivity index (χ1n) is 8.78. The van der Waals surface area contributed by atoms with Crippen molar-refractivity contribution in [1.29, 1.82) is 0 Å². The quantitative estimate of drug-likeness (QED) is 0.587. The van der Waals surface area contributed by atoms with E-state index in [-0.39, 0.29) is 6.54 Å². The molecule has 3 rings (SSSR count). The van der Waals surface area contributed by atoms with Gasteiger partial charge in [-0.3, -0.25) is 19.3 Å². The van der Waals surface area contributed by atoms with E-state index in [2.05, 4.69) is 5.32 Å². The Morgan fingerprint density at radius 1 is 0.964 bits per heavy atom. The number of benzene rings is 2. The van der Waals surface area contributed by atoms with Gasteiger partial charge in [0.2, 0.25) is 5.91 Å². The zero-order valence-electron chi connectivity index (χ0n) is 15.6. The number of thioether (sulfide) groups is 1. The summed E-state index contributed by atoms with van der Waals surface area (Å²) in [6, 6.07) is 17.3.